The van der Waals surface area contributed by atoms with E-state index in [1.807, 2.05) is 0 Å². The molecule has 2 aliphatic heterocycles. The van der Waals surface area contributed by atoms with Gasteiger partial charge in [-0.05, 0) is 34.2 Å². The summed E-state index contributed by atoms with van der Waals surface area (Å²) in [5, 5.41) is 9.43. The Kier molecular flexibility index (Phi) is 3.03. The Bertz CT molecular complexity index is 234. The molecule has 88 valence electrons. The molecule has 4 unspecified atom stereocenters. The van der Waals surface area contributed by atoms with Crippen molar-refractivity contribution in [3.63, 3.8) is 0 Å². The molecule has 0 amide bonds. The van der Waals surface area contributed by atoms with Crippen molar-refractivity contribution in [2.75, 3.05) is 7.05 Å². The van der Waals surface area contributed by atoms with Crippen LogP contribution in [0.25, 0.3) is 0 Å². The van der Waals surface area contributed by atoms with Crippen molar-refractivity contribution in [2.24, 2.45) is 0 Å². The quantitative estimate of drug-likeness (QED) is 0.732. The second kappa shape index (κ2) is 4.01. The topological polar surface area (TPSA) is 41.9 Å². The van der Waals surface area contributed by atoms with E-state index in [1.165, 1.54) is 0 Å². The largest absolute Gasteiger partial charge is 0.367 e. The minimum absolute atomic E-state index is 0.0450. The molecule has 2 heterocycles. The predicted molar refractivity (Wildman–Crippen MR) is 56.5 cm³/mol. The van der Waals surface area contributed by atoms with E-state index in [-0.39, 0.29) is 18.3 Å². The summed E-state index contributed by atoms with van der Waals surface area (Å²) in [5.74, 6) is 0. The van der Waals surface area contributed by atoms with Gasteiger partial charge < -0.3 is 14.6 Å². The van der Waals surface area contributed by atoms with Crippen molar-refractivity contribution in [1.82, 2.24) is 4.90 Å². The van der Waals surface area contributed by atoms with E-state index < -0.39 is 6.29 Å². The van der Waals surface area contributed by atoms with Crippen molar-refractivity contribution in [1.29, 1.82) is 0 Å². The highest BCUT2D eigenvalue weighted by Gasteiger charge is 2.52. The van der Waals surface area contributed by atoms with Gasteiger partial charge in [-0.25, -0.2) is 0 Å². The molecule has 5 atom stereocenters. The molecule has 0 radical (unpaired) electrons. The Hall–Kier alpha value is -0.160. The lowest BCUT2D eigenvalue weighted by atomic mass is 9.90. The van der Waals surface area contributed by atoms with Gasteiger partial charge in [0, 0.05) is 12.1 Å². The van der Waals surface area contributed by atoms with Gasteiger partial charge in [0.05, 0.1) is 6.10 Å². The van der Waals surface area contributed by atoms with Crippen LogP contribution >= 0.6 is 0 Å². The summed E-state index contributed by atoms with van der Waals surface area (Å²) >= 11 is 0. The predicted octanol–water partition coefficient (Wildman–Crippen LogP) is 0.590. The average molecular weight is 215 g/mol. The highest BCUT2D eigenvalue weighted by Crippen LogP contribution is 2.36. The van der Waals surface area contributed by atoms with Gasteiger partial charge in [-0.1, -0.05) is 0 Å². The smallest absolute Gasteiger partial charge is 0.184 e. The van der Waals surface area contributed by atoms with Crippen LogP contribution in [0.3, 0.4) is 0 Å². The number of likely N-dealkylation sites (N-methyl/N-ethyl adjacent to an activating group) is 1. The second-order valence-electron chi connectivity index (χ2n) is 4.96. The molecule has 1 N–H and O–H groups in total. The van der Waals surface area contributed by atoms with Gasteiger partial charge in [0.2, 0.25) is 0 Å². The van der Waals surface area contributed by atoms with E-state index in [2.05, 4.69) is 32.7 Å². The number of hydrogen-bond acceptors (Lipinski definition) is 4. The van der Waals surface area contributed by atoms with E-state index >= 15 is 0 Å². The van der Waals surface area contributed by atoms with Gasteiger partial charge >= 0.3 is 0 Å². The Morgan fingerprint density at radius 2 is 1.93 bits per heavy atom. The maximum Gasteiger partial charge on any atom is 0.184 e. The molecule has 4 heteroatoms. The van der Waals surface area contributed by atoms with E-state index in [0.29, 0.717) is 12.1 Å². The Balaban J connectivity index is 2.04. The van der Waals surface area contributed by atoms with Crippen LogP contribution in [0.4, 0.5) is 0 Å². The number of aliphatic hydroxyl groups is 1. The first-order chi connectivity index (χ1) is 7.00. The van der Waals surface area contributed by atoms with Crippen LogP contribution in [0, 0.1) is 0 Å². The van der Waals surface area contributed by atoms with Gasteiger partial charge in [0.1, 0.15) is 12.2 Å². The number of rotatable bonds is 2. The first-order valence-electron chi connectivity index (χ1n) is 5.71. The summed E-state index contributed by atoms with van der Waals surface area (Å²) in [6.07, 6.45) is 0.378. The summed E-state index contributed by atoms with van der Waals surface area (Å²) in [6.45, 7) is 6.40. The molecule has 0 aromatic carbocycles. The fraction of sp³-hybridized carbons (Fsp3) is 1.00. The number of hydrogen-bond donors (Lipinski definition) is 1. The monoisotopic (exact) mass is 215 g/mol. The lowest BCUT2D eigenvalue weighted by Crippen LogP contribution is -2.68. The summed E-state index contributed by atoms with van der Waals surface area (Å²) in [4.78, 5) is 2.31. The fourth-order valence-electron chi connectivity index (χ4n) is 2.42. The summed E-state index contributed by atoms with van der Waals surface area (Å²) in [6, 6.07) is 0.851. The third-order valence-corrected chi connectivity index (χ3v) is 3.58. The zero-order valence-corrected chi connectivity index (χ0v) is 9.88. The zero-order valence-electron chi connectivity index (χ0n) is 9.88. The highest BCUT2D eigenvalue weighted by atomic mass is 16.7. The Morgan fingerprint density at radius 3 is 2.47 bits per heavy atom. The molecule has 2 rings (SSSR count). The number of ether oxygens (including phenoxy) is 2. The van der Waals surface area contributed by atoms with Crippen LogP contribution in [0.5, 0.6) is 0 Å². The van der Waals surface area contributed by atoms with Crippen molar-refractivity contribution in [2.45, 2.75) is 63.9 Å². The van der Waals surface area contributed by atoms with Crippen LogP contribution in [0.1, 0.15) is 27.2 Å². The zero-order chi connectivity index (χ0) is 11.2. The number of fused-ring (bicyclic) bond motifs is 1. The van der Waals surface area contributed by atoms with Crippen LogP contribution in [-0.4, -0.2) is 53.7 Å². The van der Waals surface area contributed by atoms with Crippen LogP contribution in [0.2, 0.25) is 0 Å². The lowest BCUT2D eigenvalue weighted by Gasteiger charge is -2.53. The Morgan fingerprint density at radius 1 is 1.27 bits per heavy atom. The Labute approximate surface area is 91.2 Å². The summed E-state index contributed by atoms with van der Waals surface area (Å²) < 4.78 is 11.0. The maximum atomic E-state index is 9.43. The second-order valence-corrected chi connectivity index (χ2v) is 4.96. The van der Waals surface area contributed by atoms with Gasteiger partial charge in [-0.3, -0.25) is 4.90 Å². The minimum atomic E-state index is -0.721. The molecule has 0 aliphatic carbocycles. The molecule has 0 bridgehead atoms. The molecule has 4 nitrogen and oxygen atoms in total. The molecule has 2 aliphatic rings. The van der Waals surface area contributed by atoms with Gasteiger partial charge in [0.25, 0.3) is 0 Å². The van der Waals surface area contributed by atoms with E-state index in [4.69, 9.17) is 9.47 Å². The standard InChI is InChI=1S/C11H21NO3/c1-6(2)12(4)8-5-7(3)14-10-9(8)15-11(10)13/h6-11,13H,5H2,1-4H3/t7?,8-,9?,10?,11?/m0/s1. The molecule has 0 aromatic heterocycles. The highest BCUT2D eigenvalue weighted by molar-refractivity contribution is 4.98. The first kappa shape index (κ1) is 11.3. The third-order valence-electron chi connectivity index (χ3n) is 3.58. The SMILES string of the molecule is CC1C[C@H](N(C)C(C)C)C2OC(O)C2O1. The molecular formula is C11H21NO3. The van der Waals surface area contributed by atoms with E-state index in [9.17, 15) is 5.11 Å². The van der Waals surface area contributed by atoms with Crippen molar-refractivity contribution >= 4 is 0 Å². The molecule has 0 spiro atoms. The first-order valence-corrected chi connectivity index (χ1v) is 5.71. The van der Waals surface area contributed by atoms with E-state index in [1.54, 1.807) is 0 Å². The van der Waals surface area contributed by atoms with Crippen molar-refractivity contribution < 1.29 is 14.6 Å². The molecule has 0 aromatic rings. The van der Waals surface area contributed by atoms with Crippen molar-refractivity contribution in [3.8, 4) is 0 Å². The van der Waals surface area contributed by atoms with Crippen LogP contribution in [0.15, 0.2) is 0 Å². The maximum absolute atomic E-state index is 9.43. The summed E-state index contributed by atoms with van der Waals surface area (Å²) in [7, 11) is 2.11. The number of aliphatic hydroxyl groups excluding tert-OH is 1. The number of nitrogens with zero attached hydrogens (tertiary/aromatic N) is 1. The fourth-order valence-corrected chi connectivity index (χ4v) is 2.42. The summed E-state index contributed by atoms with van der Waals surface area (Å²) in [5.41, 5.74) is 0. The van der Waals surface area contributed by atoms with Gasteiger partial charge in [0.15, 0.2) is 6.29 Å². The normalized spacial score (nSPS) is 45.4. The van der Waals surface area contributed by atoms with Crippen molar-refractivity contribution in [3.05, 3.63) is 0 Å². The van der Waals surface area contributed by atoms with Gasteiger partial charge in [-0.2, -0.15) is 0 Å². The lowest BCUT2D eigenvalue weighted by molar-refractivity contribution is -0.357. The molecule has 2 fully saturated rings. The molecule has 2 saturated heterocycles. The van der Waals surface area contributed by atoms with E-state index in [0.717, 1.165) is 6.42 Å². The average Bonchev–Trinajstić information content (AvgIpc) is 2.18. The molecule has 0 saturated carbocycles. The molecule has 15 heavy (non-hydrogen) atoms. The van der Waals surface area contributed by atoms with Crippen LogP contribution < -0.4 is 0 Å². The third kappa shape index (κ3) is 1.91. The van der Waals surface area contributed by atoms with Gasteiger partial charge in [-0.15, -0.1) is 0 Å². The van der Waals surface area contributed by atoms with Crippen LogP contribution in [-0.2, 0) is 9.47 Å². The minimum Gasteiger partial charge on any atom is -0.367 e. The molecular weight excluding hydrogens is 194 g/mol.